The van der Waals surface area contributed by atoms with Crippen LogP contribution in [0.2, 0.25) is 0 Å². The van der Waals surface area contributed by atoms with Crippen LogP contribution >= 0.6 is 0 Å². The van der Waals surface area contributed by atoms with Crippen LogP contribution in [0.15, 0.2) is 40.9 Å². The molecule has 2 aromatic rings. The summed E-state index contributed by atoms with van der Waals surface area (Å²) in [6, 6.07) is 11.7. The van der Waals surface area contributed by atoms with Crippen LogP contribution in [0.5, 0.6) is 0 Å². The molecule has 0 aliphatic heterocycles. The lowest BCUT2D eigenvalue weighted by molar-refractivity contribution is 0.0895. The van der Waals surface area contributed by atoms with E-state index in [4.69, 9.17) is 4.52 Å². The second kappa shape index (κ2) is 8.64. The first-order valence-electron chi connectivity index (χ1n) is 8.42. The second-order valence-corrected chi connectivity index (χ2v) is 6.81. The predicted molar refractivity (Wildman–Crippen MR) is 94.9 cm³/mol. The minimum atomic E-state index is -0.217. The van der Waals surface area contributed by atoms with Gasteiger partial charge in [0.2, 0.25) is 5.76 Å². The van der Waals surface area contributed by atoms with Crippen molar-refractivity contribution < 1.29 is 9.32 Å². The number of nitrogens with zero attached hydrogens (tertiary/aromatic N) is 2. The molecule has 0 radical (unpaired) electrons. The highest BCUT2D eigenvalue weighted by Crippen LogP contribution is 2.18. The molecule has 2 rings (SSSR count). The Morgan fingerprint density at radius 1 is 1.25 bits per heavy atom. The van der Waals surface area contributed by atoms with E-state index in [-0.39, 0.29) is 17.7 Å². The number of carbonyl (C=O) groups is 1. The summed E-state index contributed by atoms with van der Waals surface area (Å²) in [6.45, 7) is 5.11. The maximum absolute atomic E-state index is 12.5. The first-order valence-corrected chi connectivity index (χ1v) is 8.42. The summed E-state index contributed by atoms with van der Waals surface area (Å²) in [5.74, 6) is 0.532. The zero-order chi connectivity index (χ0) is 17.5. The number of nitrogens with one attached hydrogen (secondary N) is 1. The van der Waals surface area contributed by atoms with Crippen molar-refractivity contribution in [1.82, 2.24) is 15.4 Å². The van der Waals surface area contributed by atoms with Gasteiger partial charge < -0.3 is 14.7 Å². The molecule has 1 amide bonds. The minimum absolute atomic E-state index is 0.0558. The molecule has 5 heteroatoms. The van der Waals surface area contributed by atoms with Gasteiger partial charge in [-0.15, -0.1) is 0 Å². The number of carbonyl (C=O) groups excluding carboxylic acids is 1. The van der Waals surface area contributed by atoms with Gasteiger partial charge >= 0.3 is 0 Å². The molecule has 0 saturated heterocycles. The lowest BCUT2D eigenvalue weighted by Crippen LogP contribution is -2.30. The summed E-state index contributed by atoms with van der Waals surface area (Å²) in [7, 11) is 4.05. The molecular formula is C19H27N3O2. The van der Waals surface area contributed by atoms with E-state index >= 15 is 0 Å². The molecule has 24 heavy (non-hydrogen) atoms. The van der Waals surface area contributed by atoms with E-state index < -0.39 is 0 Å². The fourth-order valence-corrected chi connectivity index (χ4v) is 2.56. The summed E-state index contributed by atoms with van der Waals surface area (Å²) in [6.07, 6.45) is 1.63. The van der Waals surface area contributed by atoms with Crippen molar-refractivity contribution in [1.29, 1.82) is 0 Å². The van der Waals surface area contributed by atoms with E-state index in [2.05, 4.69) is 29.2 Å². The normalized spacial score (nSPS) is 12.6. The van der Waals surface area contributed by atoms with Crippen molar-refractivity contribution in [3.05, 3.63) is 53.4 Å². The first-order chi connectivity index (χ1) is 11.5. The third-order valence-electron chi connectivity index (χ3n) is 3.77. The molecule has 130 valence electrons. The molecule has 0 bridgehead atoms. The van der Waals surface area contributed by atoms with Crippen molar-refractivity contribution in [2.24, 2.45) is 5.92 Å². The summed E-state index contributed by atoms with van der Waals surface area (Å²) in [5.41, 5.74) is 1.91. The van der Waals surface area contributed by atoms with Gasteiger partial charge in [-0.05, 0) is 45.0 Å². The highest BCUT2D eigenvalue weighted by atomic mass is 16.5. The molecule has 1 N–H and O–H groups in total. The fraction of sp³-hybridized carbons (Fsp3) is 0.474. The Morgan fingerprint density at radius 2 is 1.96 bits per heavy atom. The Morgan fingerprint density at radius 3 is 2.58 bits per heavy atom. The SMILES string of the molecule is CC(C)Cc1cc(C(=O)N[C@@H](CCN(C)C)c2ccccc2)on1. The lowest BCUT2D eigenvalue weighted by atomic mass is 10.0. The summed E-state index contributed by atoms with van der Waals surface area (Å²) in [4.78, 5) is 14.6. The topological polar surface area (TPSA) is 58.4 Å². The van der Waals surface area contributed by atoms with Crippen LogP contribution in [0.3, 0.4) is 0 Å². The Hall–Kier alpha value is -2.14. The average Bonchev–Trinajstić information content (AvgIpc) is 2.99. The smallest absolute Gasteiger partial charge is 0.290 e. The van der Waals surface area contributed by atoms with E-state index in [1.165, 1.54) is 0 Å². The Kier molecular flexibility index (Phi) is 6.55. The molecular weight excluding hydrogens is 302 g/mol. The van der Waals surface area contributed by atoms with Gasteiger partial charge in [0.05, 0.1) is 11.7 Å². The van der Waals surface area contributed by atoms with E-state index in [9.17, 15) is 4.79 Å². The van der Waals surface area contributed by atoms with Crippen molar-refractivity contribution in [3.8, 4) is 0 Å². The van der Waals surface area contributed by atoms with Crippen molar-refractivity contribution in [3.63, 3.8) is 0 Å². The molecule has 1 aromatic heterocycles. The van der Waals surface area contributed by atoms with Gasteiger partial charge in [0.1, 0.15) is 0 Å². The molecule has 0 aliphatic rings. The third kappa shape index (κ3) is 5.49. The summed E-state index contributed by atoms with van der Waals surface area (Å²) in [5, 5.41) is 7.06. The zero-order valence-corrected chi connectivity index (χ0v) is 15.0. The maximum Gasteiger partial charge on any atom is 0.290 e. The van der Waals surface area contributed by atoms with Crippen LogP contribution in [0.4, 0.5) is 0 Å². The molecule has 1 heterocycles. The molecule has 0 unspecified atom stereocenters. The van der Waals surface area contributed by atoms with Crippen molar-refractivity contribution in [2.45, 2.75) is 32.7 Å². The summed E-state index contributed by atoms with van der Waals surface area (Å²) < 4.78 is 5.22. The standard InChI is InChI=1S/C19H27N3O2/c1-14(2)12-16-13-18(24-21-16)19(23)20-17(10-11-22(3)4)15-8-6-5-7-9-15/h5-9,13-14,17H,10-12H2,1-4H3,(H,20,23)/t17-/m0/s1. The van der Waals surface area contributed by atoms with E-state index in [0.717, 1.165) is 30.6 Å². The Bertz CT molecular complexity index is 635. The van der Waals surface area contributed by atoms with Crippen LogP contribution in [0, 0.1) is 5.92 Å². The van der Waals surface area contributed by atoms with Gasteiger partial charge in [0.25, 0.3) is 5.91 Å². The van der Waals surface area contributed by atoms with Gasteiger partial charge in [0.15, 0.2) is 0 Å². The highest BCUT2D eigenvalue weighted by molar-refractivity contribution is 5.91. The van der Waals surface area contributed by atoms with Crippen LogP contribution in [0.1, 0.15) is 48.1 Å². The Labute approximate surface area is 144 Å². The average molecular weight is 329 g/mol. The summed E-state index contributed by atoms with van der Waals surface area (Å²) >= 11 is 0. The molecule has 0 fully saturated rings. The molecule has 5 nitrogen and oxygen atoms in total. The molecule has 1 atom stereocenters. The quantitative estimate of drug-likeness (QED) is 0.807. The number of aromatic nitrogens is 1. The number of amides is 1. The van der Waals surface area contributed by atoms with E-state index in [0.29, 0.717) is 5.92 Å². The van der Waals surface area contributed by atoms with Crippen LogP contribution in [-0.4, -0.2) is 36.6 Å². The number of benzene rings is 1. The third-order valence-corrected chi connectivity index (χ3v) is 3.77. The number of hydrogen-bond acceptors (Lipinski definition) is 4. The second-order valence-electron chi connectivity index (χ2n) is 6.81. The van der Waals surface area contributed by atoms with Gasteiger partial charge in [-0.2, -0.15) is 0 Å². The van der Waals surface area contributed by atoms with E-state index in [1.54, 1.807) is 6.07 Å². The van der Waals surface area contributed by atoms with Gasteiger partial charge in [-0.25, -0.2) is 0 Å². The fourth-order valence-electron chi connectivity index (χ4n) is 2.56. The minimum Gasteiger partial charge on any atom is -0.351 e. The van der Waals surface area contributed by atoms with E-state index in [1.807, 2.05) is 44.4 Å². The number of rotatable bonds is 8. The van der Waals surface area contributed by atoms with Crippen molar-refractivity contribution in [2.75, 3.05) is 20.6 Å². The van der Waals surface area contributed by atoms with Crippen LogP contribution in [0.25, 0.3) is 0 Å². The van der Waals surface area contributed by atoms with Crippen LogP contribution < -0.4 is 5.32 Å². The predicted octanol–water partition coefficient (Wildman–Crippen LogP) is 3.30. The highest BCUT2D eigenvalue weighted by Gasteiger charge is 2.19. The largest absolute Gasteiger partial charge is 0.351 e. The lowest BCUT2D eigenvalue weighted by Gasteiger charge is -2.20. The maximum atomic E-state index is 12.5. The van der Waals surface area contributed by atoms with Gasteiger partial charge in [-0.1, -0.05) is 49.3 Å². The van der Waals surface area contributed by atoms with Crippen LogP contribution in [-0.2, 0) is 6.42 Å². The molecule has 0 aliphatic carbocycles. The van der Waals surface area contributed by atoms with Crippen molar-refractivity contribution >= 4 is 5.91 Å². The molecule has 0 saturated carbocycles. The Balaban J connectivity index is 2.07. The van der Waals surface area contributed by atoms with Gasteiger partial charge in [-0.3, -0.25) is 4.79 Å². The number of hydrogen-bond donors (Lipinski definition) is 1. The van der Waals surface area contributed by atoms with Gasteiger partial charge in [0, 0.05) is 6.07 Å². The monoisotopic (exact) mass is 329 g/mol. The zero-order valence-electron chi connectivity index (χ0n) is 15.0. The molecule has 0 spiro atoms. The first kappa shape index (κ1) is 18.2. The molecule has 1 aromatic carbocycles.